The smallest absolute Gasteiger partial charge is 0.206 e. The molecule has 0 heterocycles. The molecule has 1 rings (SSSR count). The van der Waals surface area contributed by atoms with Crippen LogP contribution < -0.4 is 0 Å². The van der Waals surface area contributed by atoms with E-state index in [-0.39, 0.29) is 11.3 Å². The molecule has 13 heavy (non-hydrogen) atoms. The van der Waals surface area contributed by atoms with Crippen molar-refractivity contribution < 1.29 is 17.6 Å². The molecule has 0 aromatic heterocycles. The highest BCUT2D eigenvalue weighted by atomic mass is 32.1. The van der Waals surface area contributed by atoms with E-state index in [9.17, 15) is 17.6 Å². The fraction of sp³-hybridized carbons (Fsp3) is 0.250. The van der Waals surface area contributed by atoms with Gasteiger partial charge in [0.25, 0.3) is 0 Å². The maximum atomic E-state index is 13.0. The molecule has 0 bridgehead atoms. The highest BCUT2D eigenvalue weighted by Crippen LogP contribution is 2.32. The first-order chi connectivity index (χ1) is 5.96. The van der Waals surface area contributed by atoms with Gasteiger partial charge in [-0.05, 0) is 11.6 Å². The van der Waals surface area contributed by atoms with Crippen molar-refractivity contribution in [1.29, 1.82) is 0 Å². The Morgan fingerprint density at radius 2 is 1.85 bits per heavy atom. The van der Waals surface area contributed by atoms with E-state index in [1.54, 1.807) is 0 Å². The topological polar surface area (TPSA) is 0 Å². The number of alkyl halides is 3. The van der Waals surface area contributed by atoms with Gasteiger partial charge in [0.05, 0.1) is 5.56 Å². The van der Waals surface area contributed by atoms with Gasteiger partial charge in [0.1, 0.15) is 5.82 Å². The summed E-state index contributed by atoms with van der Waals surface area (Å²) in [5.74, 6) is -1.28. The van der Waals surface area contributed by atoms with Gasteiger partial charge in [0.15, 0.2) is 0 Å². The first-order valence-corrected chi connectivity index (χ1v) is 4.05. The molecule has 0 saturated carbocycles. The van der Waals surface area contributed by atoms with Crippen molar-refractivity contribution in [1.82, 2.24) is 0 Å². The maximum Gasteiger partial charge on any atom is 0.419 e. The molecule has 5 heteroatoms. The van der Waals surface area contributed by atoms with Gasteiger partial charge < -0.3 is 0 Å². The molecule has 0 nitrogen and oxygen atoms in total. The molecule has 0 unspecified atom stereocenters. The average Bonchev–Trinajstić information content (AvgIpc) is 2.02. The second-order valence-electron chi connectivity index (χ2n) is 2.43. The Morgan fingerprint density at radius 3 is 2.31 bits per heavy atom. The summed E-state index contributed by atoms with van der Waals surface area (Å²) >= 11 is 3.72. The lowest BCUT2D eigenvalue weighted by atomic mass is 10.1. The monoisotopic (exact) mass is 210 g/mol. The van der Waals surface area contributed by atoms with Crippen LogP contribution in [0.15, 0.2) is 18.2 Å². The van der Waals surface area contributed by atoms with Crippen LogP contribution >= 0.6 is 12.6 Å². The van der Waals surface area contributed by atoms with E-state index < -0.39 is 17.6 Å². The summed E-state index contributed by atoms with van der Waals surface area (Å²) in [7, 11) is 0. The number of rotatable bonds is 1. The molecule has 0 aliphatic rings. The summed E-state index contributed by atoms with van der Waals surface area (Å²) in [6, 6.07) is 3.15. The molecule has 0 spiro atoms. The summed E-state index contributed by atoms with van der Waals surface area (Å²) in [6.07, 6.45) is -4.64. The minimum atomic E-state index is -4.64. The second-order valence-corrected chi connectivity index (χ2v) is 2.75. The zero-order valence-corrected chi connectivity index (χ0v) is 7.29. The van der Waals surface area contributed by atoms with E-state index >= 15 is 0 Å². The number of hydrogen-bond acceptors (Lipinski definition) is 1. The summed E-state index contributed by atoms with van der Waals surface area (Å²) in [5, 5.41) is 0. The highest BCUT2D eigenvalue weighted by Gasteiger charge is 2.34. The van der Waals surface area contributed by atoms with E-state index in [2.05, 4.69) is 12.6 Å². The maximum absolute atomic E-state index is 13.0. The van der Waals surface area contributed by atoms with Gasteiger partial charge in [-0.25, -0.2) is 4.39 Å². The van der Waals surface area contributed by atoms with E-state index in [0.717, 1.165) is 6.07 Å². The lowest BCUT2D eigenvalue weighted by molar-refractivity contribution is -0.140. The van der Waals surface area contributed by atoms with Crippen LogP contribution in [0.2, 0.25) is 0 Å². The Morgan fingerprint density at radius 1 is 1.23 bits per heavy atom. The summed E-state index contributed by atoms with van der Waals surface area (Å²) in [4.78, 5) is 0. The van der Waals surface area contributed by atoms with Gasteiger partial charge in [0, 0.05) is 5.75 Å². The minimum Gasteiger partial charge on any atom is -0.206 e. The Hall–Kier alpha value is -0.710. The van der Waals surface area contributed by atoms with Gasteiger partial charge in [0.2, 0.25) is 0 Å². The Labute approximate surface area is 78.0 Å². The van der Waals surface area contributed by atoms with Gasteiger partial charge in [-0.1, -0.05) is 12.1 Å². The van der Waals surface area contributed by atoms with E-state index in [0.29, 0.717) is 6.07 Å². The third-order valence-electron chi connectivity index (χ3n) is 1.55. The molecule has 0 N–H and O–H groups in total. The zero-order valence-electron chi connectivity index (χ0n) is 6.40. The molecule has 0 fully saturated rings. The number of halogens is 4. The average molecular weight is 210 g/mol. The number of hydrogen-bond donors (Lipinski definition) is 1. The van der Waals surface area contributed by atoms with E-state index in [1.165, 1.54) is 6.07 Å². The van der Waals surface area contributed by atoms with Crippen LogP contribution in [0.1, 0.15) is 11.1 Å². The third-order valence-corrected chi connectivity index (χ3v) is 1.90. The fourth-order valence-corrected chi connectivity index (χ4v) is 1.17. The standard InChI is InChI=1S/C8H6F4S/c9-7-5(4-13)2-1-3-6(7)8(10,11)12/h1-3,13H,4H2. The van der Waals surface area contributed by atoms with Crippen molar-refractivity contribution in [3.8, 4) is 0 Å². The normalized spacial score (nSPS) is 11.8. The lowest BCUT2D eigenvalue weighted by Crippen LogP contribution is -2.09. The highest BCUT2D eigenvalue weighted by molar-refractivity contribution is 7.79. The Bertz CT molecular complexity index is 306. The van der Waals surface area contributed by atoms with Crippen LogP contribution in [-0.4, -0.2) is 0 Å². The molecule has 0 atom stereocenters. The largest absolute Gasteiger partial charge is 0.419 e. The molecular formula is C8H6F4S. The summed E-state index contributed by atoms with van der Waals surface area (Å²) in [5.41, 5.74) is -1.28. The van der Waals surface area contributed by atoms with E-state index in [1.807, 2.05) is 0 Å². The molecular weight excluding hydrogens is 204 g/mol. The molecule has 0 saturated heterocycles. The Balaban J connectivity index is 3.24. The molecule has 72 valence electrons. The Kier molecular flexibility index (Phi) is 2.85. The first kappa shape index (κ1) is 10.4. The molecule has 1 aromatic carbocycles. The lowest BCUT2D eigenvalue weighted by Gasteiger charge is -2.09. The van der Waals surface area contributed by atoms with Crippen molar-refractivity contribution in [2.24, 2.45) is 0 Å². The summed E-state index contributed by atoms with van der Waals surface area (Å²) in [6.45, 7) is 0. The number of benzene rings is 1. The molecule has 0 radical (unpaired) electrons. The quantitative estimate of drug-likeness (QED) is 0.533. The molecule has 0 aliphatic carbocycles. The van der Waals surface area contributed by atoms with Crippen LogP contribution in [0.25, 0.3) is 0 Å². The van der Waals surface area contributed by atoms with Gasteiger partial charge in [-0.3, -0.25) is 0 Å². The third kappa shape index (κ3) is 2.15. The minimum absolute atomic E-state index is 0.0434. The number of thiol groups is 1. The van der Waals surface area contributed by atoms with Crippen molar-refractivity contribution >= 4 is 12.6 Å². The predicted octanol–water partition coefficient (Wildman–Crippen LogP) is 3.27. The summed E-state index contributed by atoms with van der Waals surface area (Å²) < 4.78 is 49.3. The van der Waals surface area contributed by atoms with Gasteiger partial charge >= 0.3 is 6.18 Å². The van der Waals surface area contributed by atoms with Crippen molar-refractivity contribution in [3.63, 3.8) is 0 Å². The predicted molar refractivity (Wildman–Crippen MR) is 44.1 cm³/mol. The zero-order chi connectivity index (χ0) is 10.1. The van der Waals surface area contributed by atoms with Crippen molar-refractivity contribution in [2.45, 2.75) is 11.9 Å². The second kappa shape index (κ2) is 3.57. The first-order valence-electron chi connectivity index (χ1n) is 3.42. The SMILES string of the molecule is Fc1c(CS)cccc1C(F)(F)F. The van der Waals surface area contributed by atoms with Crippen LogP contribution in [0.4, 0.5) is 17.6 Å². The van der Waals surface area contributed by atoms with Crippen LogP contribution in [0.3, 0.4) is 0 Å². The fourth-order valence-electron chi connectivity index (χ4n) is 0.921. The van der Waals surface area contributed by atoms with Crippen molar-refractivity contribution in [3.05, 3.63) is 35.1 Å². The van der Waals surface area contributed by atoms with Crippen molar-refractivity contribution in [2.75, 3.05) is 0 Å². The van der Waals surface area contributed by atoms with E-state index in [4.69, 9.17) is 0 Å². The molecule has 1 aromatic rings. The van der Waals surface area contributed by atoms with Gasteiger partial charge in [-0.15, -0.1) is 0 Å². The van der Waals surface area contributed by atoms with Gasteiger partial charge in [-0.2, -0.15) is 25.8 Å². The van der Waals surface area contributed by atoms with Crippen LogP contribution in [-0.2, 0) is 11.9 Å². The van der Waals surface area contributed by atoms with Crippen LogP contribution in [0, 0.1) is 5.82 Å². The molecule has 0 amide bonds. The van der Waals surface area contributed by atoms with Crippen LogP contribution in [0.5, 0.6) is 0 Å². The molecule has 0 aliphatic heterocycles.